The third-order valence-corrected chi connectivity index (χ3v) is 8.17. The Bertz CT molecular complexity index is 960. The monoisotopic (exact) mass is 476 g/mol. The normalized spacial score (nSPS) is 37.2. The van der Waals surface area contributed by atoms with E-state index in [1.54, 1.807) is 6.92 Å². The van der Waals surface area contributed by atoms with Crippen molar-refractivity contribution in [2.24, 2.45) is 22.7 Å². The number of carbonyl (C=O) groups excluding carboxylic acids is 4. The van der Waals surface area contributed by atoms with E-state index in [0.717, 1.165) is 0 Å². The minimum atomic E-state index is -1.02. The molecule has 1 unspecified atom stereocenters. The second-order valence-electron chi connectivity index (χ2n) is 10.7. The van der Waals surface area contributed by atoms with Crippen LogP contribution in [-0.2, 0) is 33.4 Å². The minimum Gasteiger partial charge on any atom is -0.462 e. The molecule has 0 aliphatic heterocycles. The molecule has 0 amide bonds. The number of aliphatic hydroxyl groups is 1. The summed E-state index contributed by atoms with van der Waals surface area (Å²) >= 11 is 0. The predicted molar refractivity (Wildman–Crippen MR) is 122 cm³/mol. The molecular weight excluding hydrogens is 440 g/mol. The van der Waals surface area contributed by atoms with Gasteiger partial charge in [-0.15, -0.1) is 0 Å². The molecule has 0 radical (unpaired) electrons. The van der Waals surface area contributed by atoms with Gasteiger partial charge in [-0.1, -0.05) is 27.4 Å². The van der Waals surface area contributed by atoms with E-state index in [2.05, 4.69) is 6.58 Å². The van der Waals surface area contributed by atoms with Crippen LogP contribution in [0.15, 0.2) is 23.3 Å². The maximum Gasteiger partial charge on any atom is 0.303 e. The van der Waals surface area contributed by atoms with Gasteiger partial charge in [-0.25, -0.2) is 0 Å². The van der Waals surface area contributed by atoms with E-state index < -0.39 is 65.0 Å². The number of ether oxygens (including phenoxy) is 3. The molecule has 2 saturated carbocycles. The average Bonchev–Trinajstić information content (AvgIpc) is 2.69. The summed E-state index contributed by atoms with van der Waals surface area (Å²) in [7, 11) is 0. The SMILES string of the molecule is C=C1C2[C@H](OC(C)=O)[C@@H]3CC(=O)C(C)=C([C@@H](OC(C)=O)[C@H](OC(C)=O)[C@]2(C)CC[C@@H]1O)C3(C)C. The number of hydrogen-bond acceptors (Lipinski definition) is 8. The molecular formula is C26H36O8. The van der Waals surface area contributed by atoms with Gasteiger partial charge in [-0.05, 0) is 41.9 Å². The molecule has 3 rings (SSSR count). The zero-order chi connectivity index (χ0) is 25.7. The Labute approximate surface area is 200 Å². The van der Waals surface area contributed by atoms with E-state index in [4.69, 9.17) is 14.2 Å². The lowest BCUT2D eigenvalue weighted by Gasteiger charge is -2.59. The number of ketones is 1. The van der Waals surface area contributed by atoms with Crippen LogP contribution >= 0.6 is 0 Å². The fourth-order valence-corrected chi connectivity index (χ4v) is 6.62. The second-order valence-corrected chi connectivity index (χ2v) is 10.7. The number of aliphatic hydroxyl groups excluding tert-OH is 1. The van der Waals surface area contributed by atoms with E-state index in [1.165, 1.54) is 20.8 Å². The Balaban J connectivity index is 2.41. The lowest BCUT2D eigenvalue weighted by Crippen LogP contribution is -2.63. The maximum absolute atomic E-state index is 13.2. The highest BCUT2D eigenvalue weighted by Gasteiger charge is 2.63. The van der Waals surface area contributed by atoms with Crippen LogP contribution in [0.4, 0.5) is 0 Å². The van der Waals surface area contributed by atoms with Gasteiger partial charge in [0.25, 0.3) is 0 Å². The Morgan fingerprint density at radius 3 is 2.09 bits per heavy atom. The molecule has 188 valence electrons. The van der Waals surface area contributed by atoms with E-state index in [-0.39, 0.29) is 12.2 Å². The largest absolute Gasteiger partial charge is 0.462 e. The van der Waals surface area contributed by atoms with Crippen LogP contribution in [-0.4, -0.2) is 53.2 Å². The first-order valence-electron chi connectivity index (χ1n) is 11.8. The topological polar surface area (TPSA) is 116 Å². The molecule has 8 nitrogen and oxygen atoms in total. The van der Waals surface area contributed by atoms with Gasteiger partial charge in [0.1, 0.15) is 12.2 Å². The first-order chi connectivity index (χ1) is 15.6. The van der Waals surface area contributed by atoms with Crippen molar-refractivity contribution in [3.05, 3.63) is 23.3 Å². The van der Waals surface area contributed by atoms with Gasteiger partial charge in [-0.2, -0.15) is 0 Å². The quantitative estimate of drug-likeness (QED) is 0.375. The molecule has 3 aliphatic carbocycles. The Morgan fingerprint density at radius 1 is 1.00 bits per heavy atom. The Morgan fingerprint density at radius 2 is 1.56 bits per heavy atom. The first-order valence-corrected chi connectivity index (χ1v) is 11.8. The van der Waals surface area contributed by atoms with Gasteiger partial charge in [0, 0.05) is 44.4 Å². The lowest BCUT2D eigenvalue weighted by molar-refractivity contribution is -0.201. The molecule has 2 fully saturated rings. The molecule has 0 aromatic rings. The van der Waals surface area contributed by atoms with Crippen molar-refractivity contribution in [3.63, 3.8) is 0 Å². The molecule has 0 aromatic heterocycles. The zero-order valence-electron chi connectivity index (χ0n) is 21.1. The standard InChI is InChI=1S/C26H36O8/c1-12-18(30)9-10-26(8)21(12)22(32-14(3)27)17-11-19(31)13(2)20(25(17,6)7)23(33-15(4)28)24(26)34-16(5)29/h17-18,21-24,30H,1,9-11H2,2-8H3/t17-,18-,21?,22+,23+,24-,26+/m0/s1. The van der Waals surface area contributed by atoms with Gasteiger partial charge < -0.3 is 19.3 Å². The fourth-order valence-electron chi connectivity index (χ4n) is 6.62. The third-order valence-electron chi connectivity index (χ3n) is 8.17. The number of fused-ring (bicyclic) bond motifs is 3. The minimum absolute atomic E-state index is 0.126. The van der Waals surface area contributed by atoms with Crippen LogP contribution in [0.25, 0.3) is 0 Å². The van der Waals surface area contributed by atoms with Gasteiger partial charge in [-0.3, -0.25) is 19.2 Å². The zero-order valence-corrected chi connectivity index (χ0v) is 21.1. The smallest absolute Gasteiger partial charge is 0.303 e. The summed E-state index contributed by atoms with van der Waals surface area (Å²) in [6.07, 6.45) is -2.77. The van der Waals surface area contributed by atoms with Gasteiger partial charge in [0.15, 0.2) is 11.9 Å². The van der Waals surface area contributed by atoms with Crippen LogP contribution in [0.2, 0.25) is 0 Å². The number of hydrogen-bond donors (Lipinski definition) is 1. The van der Waals surface area contributed by atoms with Crippen molar-refractivity contribution in [3.8, 4) is 0 Å². The maximum atomic E-state index is 13.2. The van der Waals surface area contributed by atoms with Gasteiger partial charge >= 0.3 is 17.9 Å². The molecule has 8 heteroatoms. The highest BCUT2D eigenvalue weighted by molar-refractivity contribution is 5.97. The molecule has 3 aliphatic rings. The number of allylic oxidation sites excluding steroid dienone is 1. The fraction of sp³-hybridized carbons (Fsp3) is 0.692. The molecule has 1 N–H and O–H groups in total. The number of Topliss-reactive ketones (excluding diaryl/α,β-unsaturated/α-hetero) is 1. The molecule has 0 aromatic carbocycles. The molecule has 7 atom stereocenters. The van der Waals surface area contributed by atoms with Crippen LogP contribution in [0, 0.1) is 22.7 Å². The Hall–Kier alpha value is -2.48. The molecule has 0 spiro atoms. The number of rotatable bonds is 3. The second kappa shape index (κ2) is 8.95. The van der Waals surface area contributed by atoms with Crippen LogP contribution in [0.1, 0.15) is 67.7 Å². The summed E-state index contributed by atoms with van der Waals surface area (Å²) in [6, 6.07) is 0. The summed E-state index contributed by atoms with van der Waals surface area (Å²) < 4.78 is 17.7. The van der Waals surface area contributed by atoms with Crippen molar-refractivity contribution < 1.29 is 38.5 Å². The van der Waals surface area contributed by atoms with E-state index >= 15 is 0 Å². The molecule has 34 heavy (non-hydrogen) atoms. The summed E-state index contributed by atoms with van der Waals surface area (Å²) in [6.45, 7) is 15.4. The van der Waals surface area contributed by atoms with Crippen molar-refractivity contribution in [2.75, 3.05) is 0 Å². The number of esters is 3. The molecule has 2 bridgehead atoms. The van der Waals surface area contributed by atoms with Gasteiger partial charge in [0.2, 0.25) is 0 Å². The van der Waals surface area contributed by atoms with Crippen molar-refractivity contribution in [1.29, 1.82) is 0 Å². The van der Waals surface area contributed by atoms with Crippen molar-refractivity contribution >= 4 is 23.7 Å². The highest BCUT2D eigenvalue weighted by atomic mass is 16.6. The van der Waals surface area contributed by atoms with Crippen molar-refractivity contribution in [1.82, 2.24) is 0 Å². The molecule has 0 saturated heterocycles. The summed E-state index contributed by atoms with van der Waals surface area (Å²) in [5, 5.41) is 10.8. The summed E-state index contributed by atoms with van der Waals surface area (Å²) in [5.74, 6) is -2.92. The third kappa shape index (κ3) is 4.21. The van der Waals surface area contributed by atoms with Crippen LogP contribution in [0.5, 0.6) is 0 Å². The predicted octanol–water partition coefficient (Wildman–Crippen LogP) is 3.06. The Kier molecular flexibility index (Phi) is 6.88. The van der Waals surface area contributed by atoms with Crippen LogP contribution < -0.4 is 0 Å². The average molecular weight is 477 g/mol. The van der Waals surface area contributed by atoms with Crippen molar-refractivity contribution in [2.45, 2.75) is 92.1 Å². The molecule has 0 heterocycles. The first kappa shape index (κ1) is 26.1. The van der Waals surface area contributed by atoms with E-state index in [9.17, 15) is 24.3 Å². The highest BCUT2D eigenvalue weighted by Crippen LogP contribution is 2.60. The lowest BCUT2D eigenvalue weighted by atomic mass is 9.49. The van der Waals surface area contributed by atoms with E-state index in [1.807, 2.05) is 20.8 Å². The summed E-state index contributed by atoms with van der Waals surface area (Å²) in [4.78, 5) is 50.2. The van der Waals surface area contributed by atoms with E-state index in [0.29, 0.717) is 29.6 Å². The number of carbonyl (C=O) groups is 4. The van der Waals surface area contributed by atoms with Gasteiger partial charge in [0.05, 0.1) is 6.10 Å². The van der Waals surface area contributed by atoms with Crippen LogP contribution in [0.3, 0.4) is 0 Å². The summed E-state index contributed by atoms with van der Waals surface area (Å²) in [5.41, 5.74) is -0.174.